The molecule has 2 aromatic rings. The highest BCUT2D eigenvalue weighted by molar-refractivity contribution is 5.92. The molecule has 0 saturated heterocycles. The molecule has 1 amide bonds. The fraction of sp³-hybridized carbons (Fsp3) is 0.235. The molecule has 0 unspecified atom stereocenters. The van der Waals surface area contributed by atoms with Crippen LogP contribution in [0.4, 0.5) is 5.69 Å². The van der Waals surface area contributed by atoms with Gasteiger partial charge in [-0.05, 0) is 36.2 Å². The first-order valence-electron chi connectivity index (χ1n) is 6.98. The van der Waals surface area contributed by atoms with E-state index < -0.39 is 0 Å². The van der Waals surface area contributed by atoms with Crippen LogP contribution in [0.3, 0.4) is 0 Å². The lowest BCUT2D eigenvalue weighted by Crippen LogP contribution is -2.15. The molecule has 0 fully saturated rings. The van der Waals surface area contributed by atoms with Crippen molar-refractivity contribution in [1.29, 1.82) is 0 Å². The Hall–Kier alpha value is -2.49. The number of phenols is 1. The third-order valence-electron chi connectivity index (χ3n) is 3.11. The molecular weight excluding hydrogens is 266 g/mol. The molecule has 0 aliphatic rings. The molecule has 4 heteroatoms. The number of amides is 1. The van der Waals surface area contributed by atoms with Crippen molar-refractivity contribution in [1.82, 2.24) is 0 Å². The van der Waals surface area contributed by atoms with Crippen LogP contribution in [0.5, 0.6) is 11.5 Å². The molecule has 2 rings (SSSR count). The number of ether oxygens (including phenoxy) is 1. The molecule has 110 valence electrons. The maximum Gasteiger partial charge on any atom is 0.227 e. The second kappa shape index (κ2) is 7.33. The summed E-state index contributed by atoms with van der Waals surface area (Å²) in [6.07, 6.45) is 1.22. The van der Waals surface area contributed by atoms with Crippen molar-refractivity contribution >= 4 is 11.6 Å². The SMILES string of the molecule is CCc1ccc(OCCC(=O)Nc2ccccc2O)cc1. The molecular formula is C17H19NO3. The molecule has 4 nitrogen and oxygen atoms in total. The predicted octanol–water partition coefficient (Wildman–Crippen LogP) is 3.36. The van der Waals surface area contributed by atoms with Crippen LogP contribution < -0.4 is 10.1 Å². The van der Waals surface area contributed by atoms with E-state index in [1.54, 1.807) is 18.2 Å². The first kappa shape index (κ1) is 14.9. The summed E-state index contributed by atoms with van der Waals surface area (Å²) in [5.74, 6) is 0.617. The minimum atomic E-state index is -0.193. The Morgan fingerprint density at radius 3 is 2.52 bits per heavy atom. The smallest absolute Gasteiger partial charge is 0.227 e. The first-order chi connectivity index (χ1) is 10.2. The minimum Gasteiger partial charge on any atom is -0.506 e. The van der Waals surface area contributed by atoms with Gasteiger partial charge in [-0.15, -0.1) is 0 Å². The zero-order valence-electron chi connectivity index (χ0n) is 12.0. The van der Waals surface area contributed by atoms with Crippen molar-refractivity contribution < 1.29 is 14.6 Å². The van der Waals surface area contributed by atoms with E-state index in [9.17, 15) is 9.90 Å². The van der Waals surface area contributed by atoms with Crippen molar-refractivity contribution in [2.45, 2.75) is 19.8 Å². The largest absolute Gasteiger partial charge is 0.506 e. The van der Waals surface area contributed by atoms with Crippen LogP contribution in [-0.4, -0.2) is 17.6 Å². The molecule has 2 aromatic carbocycles. The fourth-order valence-corrected chi connectivity index (χ4v) is 1.88. The maximum absolute atomic E-state index is 11.8. The number of para-hydroxylation sites is 2. The maximum atomic E-state index is 11.8. The fourth-order valence-electron chi connectivity index (χ4n) is 1.88. The Labute approximate surface area is 124 Å². The molecule has 21 heavy (non-hydrogen) atoms. The molecule has 0 aromatic heterocycles. The predicted molar refractivity (Wildman–Crippen MR) is 82.7 cm³/mol. The van der Waals surface area contributed by atoms with Crippen molar-refractivity contribution in [2.24, 2.45) is 0 Å². The molecule has 0 heterocycles. The van der Waals surface area contributed by atoms with E-state index in [-0.39, 0.29) is 18.1 Å². The molecule has 0 aliphatic carbocycles. The zero-order valence-corrected chi connectivity index (χ0v) is 12.0. The number of aryl methyl sites for hydroxylation is 1. The number of anilines is 1. The zero-order chi connectivity index (χ0) is 15.1. The van der Waals surface area contributed by atoms with E-state index in [0.29, 0.717) is 12.3 Å². The number of nitrogens with one attached hydrogen (secondary N) is 1. The second-order valence-corrected chi connectivity index (χ2v) is 4.66. The topological polar surface area (TPSA) is 58.6 Å². The van der Waals surface area contributed by atoms with Crippen molar-refractivity contribution in [3.05, 3.63) is 54.1 Å². The number of rotatable bonds is 6. The number of carbonyl (C=O) groups excluding carboxylic acids is 1. The lowest BCUT2D eigenvalue weighted by molar-refractivity contribution is -0.116. The number of aromatic hydroxyl groups is 1. The van der Waals surface area contributed by atoms with Crippen LogP contribution in [0, 0.1) is 0 Å². The molecule has 0 bridgehead atoms. The van der Waals surface area contributed by atoms with E-state index in [1.165, 1.54) is 11.6 Å². The summed E-state index contributed by atoms with van der Waals surface area (Å²) in [4.78, 5) is 11.8. The van der Waals surface area contributed by atoms with E-state index in [1.807, 2.05) is 24.3 Å². The third kappa shape index (κ3) is 4.53. The Morgan fingerprint density at radius 2 is 1.86 bits per heavy atom. The van der Waals surface area contributed by atoms with Gasteiger partial charge in [0.25, 0.3) is 0 Å². The van der Waals surface area contributed by atoms with Gasteiger partial charge in [0.15, 0.2) is 0 Å². The van der Waals surface area contributed by atoms with Crippen LogP contribution in [-0.2, 0) is 11.2 Å². The van der Waals surface area contributed by atoms with Gasteiger partial charge in [-0.3, -0.25) is 4.79 Å². The number of carbonyl (C=O) groups is 1. The van der Waals surface area contributed by atoms with Gasteiger partial charge in [0.1, 0.15) is 11.5 Å². The third-order valence-corrected chi connectivity index (χ3v) is 3.11. The highest BCUT2D eigenvalue weighted by Crippen LogP contribution is 2.21. The normalized spacial score (nSPS) is 10.1. The van der Waals surface area contributed by atoms with Crippen molar-refractivity contribution in [3.8, 4) is 11.5 Å². The number of hydrogen-bond acceptors (Lipinski definition) is 3. The Morgan fingerprint density at radius 1 is 1.14 bits per heavy atom. The van der Waals surface area contributed by atoms with E-state index in [2.05, 4.69) is 12.2 Å². The van der Waals surface area contributed by atoms with Gasteiger partial charge in [-0.1, -0.05) is 31.2 Å². The van der Waals surface area contributed by atoms with Crippen LogP contribution in [0.15, 0.2) is 48.5 Å². The second-order valence-electron chi connectivity index (χ2n) is 4.66. The summed E-state index contributed by atoms with van der Waals surface area (Å²) >= 11 is 0. The number of hydrogen-bond donors (Lipinski definition) is 2. The monoisotopic (exact) mass is 285 g/mol. The van der Waals surface area contributed by atoms with Gasteiger partial charge >= 0.3 is 0 Å². The number of benzene rings is 2. The molecule has 0 saturated carbocycles. The van der Waals surface area contributed by atoms with E-state index in [0.717, 1.165) is 12.2 Å². The van der Waals surface area contributed by atoms with Crippen LogP contribution in [0.1, 0.15) is 18.9 Å². The molecule has 0 aliphatic heterocycles. The standard InChI is InChI=1S/C17H19NO3/c1-2-13-7-9-14(10-8-13)21-12-11-17(20)18-15-5-3-4-6-16(15)19/h3-10,19H,2,11-12H2,1H3,(H,18,20). The van der Waals surface area contributed by atoms with Crippen molar-refractivity contribution in [3.63, 3.8) is 0 Å². The molecule has 0 spiro atoms. The van der Waals surface area contributed by atoms with Crippen LogP contribution in [0.2, 0.25) is 0 Å². The highest BCUT2D eigenvalue weighted by atomic mass is 16.5. The summed E-state index contributed by atoms with van der Waals surface area (Å²) in [6.45, 7) is 2.39. The van der Waals surface area contributed by atoms with Gasteiger partial charge in [0.2, 0.25) is 5.91 Å². The Kier molecular flexibility index (Phi) is 5.21. The van der Waals surface area contributed by atoms with Crippen molar-refractivity contribution in [2.75, 3.05) is 11.9 Å². The van der Waals surface area contributed by atoms with E-state index >= 15 is 0 Å². The van der Waals surface area contributed by atoms with Gasteiger partial charge in [-0.2, -0.15) is 0 Å². The van der Waals surface area contributed by atoms with Gasteiger partial charge in [0.05, 0.1) is 18.7 Å². The average Bonchev–Trinajstić information content (AvgIpc) is 2.50. The lowest BCUT2D eigenvalue weighted by atomic mass is 10.2. The number of phenolic OH excluding ortho intramolecular Hbond substituents is 1. The van der Waals surface area contributed by atoms with Gasteiger partial charge < -0.3 is 15.2 Å². The molecule has 2 N–H and O–H groups in total. The molecule has 0 atom stereocenters. The lowest BCUT2D eigenvalue weighted by Gasteiger charge is -2.08. The van der Waals surface area contributed by atoms with E-state index in [4.69, 9.17) is 4.74 Å². The summed E-state index contributed by atoms with van der Waals surface area (Å²) in [5.41, 5.74) is 1.66. The Balaban J connectivity index is 1.77. The van der Waals surface area contributed by atoms with Crippen LogP contribution >= 0.6 is 0 Å². The van der Waals surface area contributed by atoms with Crippen LogP contribution in [0.25, 0.3) is 0 Å². The summed E-state index contributed by atoms with van der Waals surface area (Å²) in [5, 5.41) is 12.2. The van der Waals surface area contributed by atoms with Gasteiger partial charge in [-0.25, -0.2) is 0 Å². The average molecular weight is 285 g/mol. The first-order valence-corrected chi connectivity index (χ1v) is 6.98. The summed E-state index contributed by atoms with van der Waals surface area (Å²) in [7, 11) is 0. The minimum absolute atomic E-state index is 0.0573. The summed E-state index contributed by atoms with van der Waals surface area (Å²) in [6, 6.07) is 14.5. The Bertz CT molecular complexity index is 593. The molecule has 0 radical (unpaired) electrons. The quantitative estimate of drug-likeness (QED) is 0.800. The van der Waals surface area contributed by atoms with Gasteiger partial charge in [0, 0.05) is 0 Å². The highest BCUT2D eigenvalue weighted by Gasteiger charge is 2.06. The summed E-state index contributed by atoms with van der Waals surface area (Å²) < 4.78 is 5.52.